The standard InChI is InChI=1S/C18H26N2O6/c1-11(2)9-19-17(22)12(3)26-16(21)10-20-18(23)13-6-14(24-4)8-15(7-13)25-5/h6-8,11-12H,9-10H2,1-5H3,(H,19,22)(H,20,23)/t12-/m1/s1. The summed E-state index contributed by atoms with van der Waals surface area (Å²) in [6, 6.07) is 4.67. The first kappa shape index (κ1) is 21.3. The van der Waals surface area contributed by atoms with Crippen molar-refractivity contribution in [2.75, 3.05) is 27.3 Å². The van der Waals surface area contributed by atoms with E-state index in [1.54, 1.807) is 6.07 Å². The Morgan fingerprint density at radius 3 is 2.04 bits per heavy atom. The van der Waals surface area contributed by atoms with Crippen LogP contribution in [0.5, 0.6) is 11.5 Å². The molecule has 26 heavy (non-hydrogen) atoms. The van der Waals surface area contributed by atoms with Gasteiger partial charge >= 0.3 is 5.97 Å². The van der Waals surface area contributed by atoms with Gasteiger partial charge in [-0.1, -0.05) is 13.8 Å². The number of nitrogens with one attached hydrogen (secondary N) is 2. The Balaban J connectivity index is 2.54. The van der Waals surface area contributed by atoms with Crippen molar-refractivity contribution >= 4 is 17.8 Å². The van der Waals surface area contributed by atoms with Gasteiger partial charge in [-0.25, -0.2) is 0 Å². The molecule has 2 amide bonds. The van der Waals surface area contributed by atoms with Crippen LogP contribution in [0, 0.1) is 5.92 Å². The molecule has 0 unspecified atom stereocenters. The molecule has 0 fully saturated rings. The van der Waals surface area contributed by atoms with Gasteiger partial charge in [0.05, 0.1) is 14.2 Å². The summed E-state index contributed by atoms with van der Waals surface area (Å²) >= 11 is 0. The van der Waals surface area contributed by atoms with Gasteiger partial charge in [-0.15, -0.1) is 0 Å². The molecule has 0 aliphatic heterocycles. The van der Waals surface area contributed by atoms with E-state index in [2.05, 4.69) is 10.6 Å². The number of carbonyl (C=O) groups excluding carboxylic acids is 3. The molecule has 8 heteroatoms. The van der Waals surface area contributed by atoms with Crippen molar-refractivity contribution in [3.05, 3.63) is 23.8 Å². The molecule has 0 spiro atoms. The molecule has 0 saturated carbocycles. The first-order chi connectivity index (χ1) is 12.3. The maximum absolute atomic E-state index is 12.2. The van der Waals surface area contributed by atoms with Crippen molar-refractivity contribution in [2.24, 2.45) is 5.92 Å². The van der Waals surface area contributed by atoms with Gasteiger partial charge in [0.25, 0.3) is 11.8 Å². The molecular weight excluding hydrogens is 340 g/mol. The Bertz CT molecular complexity index is 622. The highest BCUT2D eigenvalue weighted by atomic mass is 16.5. The van der Waals surface area contributed by atoms with Crippen molar-refractivity contribution in [1.29, 1.82) is 0 Å². The second kappa shape index (κ2) is 10.3. The lowest BCUT2D eigenvalue weighted by molar-refractivity contribution is -0.153. The third-order valence-corrected chi connectivity index (χ3v) is 3.37. The Labute approximate surface area is 153 Å². The van der Waals surface area contributed by atoms with Crippen LogP contribution in [0.4, 0.5) is 0 Å². The van der Waals surface area contributed by atoms with Gasteiger partial charge in [0.15, 0.2) is 6.10 Å². The van der Waals surface area contributed by atoms with Crippen LogP contribution in [0.3, 0.4) is 0 Å². The zero-order valence-corrected chi connectivity index (χ0v) is 15.8. The van der Waals surface area contributed by atoms with Crippen LogP contribution in [-0.4, -0.2) is 51.2 Å². The summed E-state index contributed by atoms with van der Waals surface area (Å²) in [5.41, 5.74) is 0.275. The molecule has 2 N–H and O–H groups in total. The number of hydrogen-bond donors (Lipinski definition) is 2. The van der Waals surface area contributed by atoms with Gasteiger partial charge < -0.3 is 24.8 Å². The predicted molar refractivity (Wildman–Crippen MR) is 95.3 cm³/mol. The highest BCUT2D eigenvalue weighted by Crippen LogP contribution is 2.22. The summed E-state index contributed by atoms with van der Waals surface area (Å²) in [5.74, 6) is -0.381. The molecule has 1 aromatic rings. The van der Waals surface area contributed by atoms with E-state index in [9.17, 15) is 14.4 Å². The minimum absolute atomic E-state index is 0.275. The first-order valence-electron chi connectivity index (χ1n) is 8.25. The number of esters is 1. The molecule has 0 aromatic heterocycles. The van der Waals surface area contributed by atoms with Crippen LogP contribution in [0.15, 0.2) is 18.2 Å². The zero-order valence-electron chi connectivity index (χ0n) is 15.8. The average molecular weight is 366 g/mol. The van der Waals surface area contributed by atoms with E-state index in [-0.39, 0.29) is 18.0 Å². The maximum atomic E-state index is 12.2. The molecule has 0 bridgehead atoms. The Hall–Kier alpha value is -2.77. The Kier molecular flexibility index (Phi) is 8.41. The van der Waals surface area contributed by atoms with Crippen molar-refractivity contribution in [2.45, 2.75) is 26.9 Å². The molecule has 0 aliphatic carbocycles. The van der Waals surface area contributed by atoms with Crippen LogP contribution in [-0.2, 0) is 14.3 Å². The molecule has 1 aromatic carbocycles. The Morgan fingerprint density at radius 1 is 0.962 bits per heavy atom. The molecule has 0 radical (unpaired) electrons. The number of carbonyl (C=O) groups is 3. The predicted octanol–water partition coefficient (Wildman–Crippen LogP) is 1.14. The summed E-state index contributed by atoms with van der Waals surface area (Å²) in [6.45, 7) is 5.53. The summed E-state index contributed by atoms with van der Waals surface area (Å²) in [5, 5.41) is 5.11. The van der Waals surface area contributed by atoms with Crippen molar-refractivity contribution in [3.63, 3.8) is 0 Å². The van der Waals surface area contributed by atoms with E-state index in [0.29, 0.717) is 24.0 Å². The number of benzene rings is 1. The van der Waals surface area contributed by atoms with E-state index in [0.717, 1.165) is 0 Å². The highest BCUT2D eigenvalue weighted by molar-refractivity contribution is 5.96. The summed E-state index contributed by atoms with van der Waals surface area (Å²) < 4.78 is 15.2. The lowest BCUT2D eigenvalue weighted by atomic mass is 10.2. The lowest BCUT2D eigenvalue weighted by Crippen LogP contribution is -2.39. The van der Waals surface area contributed by atoms with Crippen LogP contribution in [0.1, 0.15) is 31.1 Å². The maximum Gasteiger partial charge on any atom is 0.326 e. The van der Waals surface area contributed by atoms with Crippen LogP contribution >= 0.6 is 0 Å². The first-order valence-corrected chi connectivity index (χ1v) is 8.25. The summed E-state index contributed by atoms with van der Waals surface area (Å²) in [7, 11) is 2.94. The molecule has 8 nitrogen and oxygen atoms in total. The van der Waals surface area contributed by atoms with Gasteiger partial charge in [0, 0.05) is 18.2 Å². The van der Waals surface area contributed by atoms with Gasteiger partial charge in [-0.3, -0.25) is 14.4 Å². The minimum Gasteiger partial charge on any atom is -0.497 e. The second-order valence-corrected chi connectivity index (χ2v) is 6.06. The van der Waals surface area contributed by atoms with Gasteiger partial charge in [-0.05, 0) is 25.0 Å². The smallest absolute Gasteiger partial charge is 0.326 e. The topological polar surface area (TPSA) is 103 Å². The van der Waals surface area contributed by atoms with Crippen LogP contribution < -0.4 is 20.1 Å². The molecule has 1 rings (SSSR count). The number of methoxy groups -OCH3 is 2. The fourth-order valence-electron chi connectivity index (χ4n) is 1.93. The van der Waals surface area contributed by atoms with E-state index >= 15 is 0 Å². The third kappa shape index (κ3) is 7.00. The van der Waals surface area contributed by atoms with E-state index in [1.807, 2.05) is 13.8 Å². The SMILES string of the molecule is COc1cc(OC)cc(C(=O)NCC(=O)O[C@H](C)C(=O)NCC(C)C)c1. The van der Waals surface area contributed by atoms with Gasteiger partial charge in [0.1, 0.15) is 18.0 Å². The minimum atomic E-state index is -0.935. The fourth-order valence-corrected chi connectivity index (χ4v) is 1.93. The van der Waals surface area contributed by atoms with Gasteiger partial charge in [0.2, 0.25) is 0 Å². The second-order valence-electron chi connectivity index (χ2n) is 6.06. The molecule has 1 atom stereocenters. The normalized spacial score (nSPS) is 11.5. The van der Waals surface area contributed by atoms with Crippen molar-refractivity contribution < 1.29 is 28.6 Å². The van der Waals surface area contributed by atoms with Gasteiger partial charge in [-0.2, -0.15) is 0 Å². The molecule has 0 heterocycles. The van der Waals surface area contributed by atoms with Crippen LogP contribution in [0.25, 0.3) is 0 Å². The largest absolute Gasteiger partial charge is 0.497 e. The molecular formula is C18H26N2O6. The van der Waals surface area contributed by atoms with Crippen molar-refractivity contribution in [1.82, 2.24) is 10.6 Å². The monoisotopic (exact) mass is 366 g/mol. The summed E-state index contributed by atoms with van der Waals surface area (Å²) in [4.78, 5) is 35.8. The fraction of sp³-hybridized carbons (Fsp3) is 0.500. The number of ether oxygens (including phenoxy) is 3. The molecule has 0 saturated heterocycles. The van der Waals surface area contributed by atoms with E-state index < -0.39 is 18.0 Å². The van der Waals surface area contributed by atoms with E-state index in [4.69, 9.17) is 14.2 Å². The number of amides is 2. The summed E-state index contributed by atoms with van der Waals surface area (Å²) in [6.07, 6.45) is -0.935. The van der Waals surface area contributed by atoms with Crippen molar-refractivity contribution in [3.8, 4) is 11.5 Å². The third-order valence-electron chi connectivity index (χ3n) is 3.37. The Morgan fingerprint density at radius 2 is 1.54 bits per heavy atom. The highest BCUT2D eigenvalue weighted by Gasteiger charge is 2.18. The molecule has 144 valence electrons. The zero-order chi connectivity index (χ0) is 19.7. The van der Waals surface area contributed by atoms with Crippen LogP contribution in [0.2, 0.25) is 0 Å². The lowest BCUT2D eigenvalue weighted by Gasteiger charge is -2.15. The van der Waals surface area contributed by atoms with E-state index in [1.165, 1.54) is 33.3 Å². The number of rotatable bonds is 9. The molecule has 0 aliphatic rings. The number of hydrogen-bond acceptors (Lipinski definition) is 6. The average Bonchev–Trinajstić information content (AvgIpc) is 2.63. The quantitative estimate of drug-likeness (QED) is 0.635.